The fourth-order valence-corrected chi connectivity index (χ4v) is 1.38. The van der Waals surface area contributed by atoms with Crippen LogP contribution in [0.2, 0.25) is 0 Å². The minimum absolute atomic E-state index is 0.126. The van der Waals surface area contributed by atoms with Crippen molar-refractivity contribution in [2.24, 2.45) is 5.41 Å². The van der Waals surface area contributed by atoms with Gasteiger partial charge in [0.05, 0.1) is 11.9 Å². The first-order chi connectivity index (χ1) is 6.73. The Balaban J connectivity index is 2.47. The van der Waals surface area contributed by atoms with E-state index in [1.807, 2.05) is 6.08 Å². The average Bonchev–Trinajstić information content (AvgIpc) is 2.40. The maximum absolute atomic E-state index is 3.98. The third-order valence-corrected chi connectivity index (χ3v) is 2.72. The van der Waals surface area contributed by atoms with Crippen molar-refractivity contribution in [3.63, 3.8) is 0 Å². The number of hydrogen-bond acceptors (Lipinski definition) is 3. The van der Waals surface area contributed by atoms with E-state index < -0.39 is 0 Å². The van der Waals surface area contributed by atoms with Crippen LogP contribution in [0.1, 0.15) is 31.5 Å². The summed E-state index contributed by atoms with van der Waals surface area (Å²) in [5, 5.41) is 11.4. The molecule has 72 valence electrons. The fourth-order valence-electron chi connectivity index (χ4n) is 1.38. The molecule has 1 aromatic rings. The Morgan fingerprint density at radius 2 is 2.07 bits per heavy atom. The molecule has 3 heteroatoms. The minimum atomic E-state index is 0.126. The number of nitrogens with zero attached hydrogens (tertiary/aromatic N) is 3. The van der Waals surface area contributed by atoms with E-state index in [0.717, 1.165) is 17.7 Å². The van der Waals surface area contributed by atoms with E-state index in [4.69, 9.17) is 0 Å². The molecule has 0 saturated heterocycles. The molecule has 0 fully saturated rings. The van der Waals surface area contributed by atoms with Gasteiger partial charge >= 0.3 is 0 Å². The van der Waals surface area contributed by atoms with Gasteiger partial charge in [-0.1, -0.05) is 32.1 Å². The number of allylic oxidation sites excluding steroid dienone is 2. The van der Waals surface area contributed by atoms with E-state index in [-0.39, 0.29) is 5.41 Å². The predicted molar refractivity (Wildman–Crippen MR) is 56.3 cm³/mol. The van der Waals surface area contributed by atoms with Crippen LogP contribution in [-0.2, 0) is 0 Å². The summed E-state index contributed by atoms with van der Waals surface area (Å²) in [7, 11) is 0. The molecule has 1 atom stereocenters. The first kappa shape index (κ1) is 9.06. The molecule has 1 heterocycles. The van der Waals surface area contributed by atoms with E-state index in [0.29, 0.717) is 0 Å². The van der Waals surface area contributed by atoms with Crippen LogP contribution in [-0.4, -0.2) is 15.4 Å². The molecule has 2 rings (SSSR count). The van der Waals surface area contributed by atoms with Crippen LogP contribution in [0.4, 0.5) is 0 Å². The van der Waals surface area contributed by atoms with Crippen LogP contribution < -0.4 is 0 Å². The van der Waals surface area contributed by atoms with Gasteiger partial charge in [0, 0.05) is 11.0 Å². The van der Waals surface area contributed by atoms with E-state index in [2.05, 4.69) is 47.5 Å². The van der Waals surface area contributed by atoms with Crippen LogP contribution in [0.15, 0.2) is 18.3 Å². The zero-order chi connectivity index (χ0) is 10.0. The molecule has 0 aliphatic heterocycles. The van der Waals surface area contributed by atoms with Gasteiger partial charge in [-0.15, -0.1) is 10.2 Å². The largest absolute Gasteiger partial charge is 0.138 e. The molecular formula is C11H13N3. The highest BCUT2D eigenvalue weighted by atomic mass is 15.3. The molecule has 14 heavy (non-hydrogen) atoms. The summed E-state index contributed by atoms with van der Waals surface area (Å²) in [5.41, 5.74) is 2.06. The summed E-state index contributed by atoms with van der Waals surface area (Å²) in [6.45, 7) is 4.38. The Labute approximate surface area is 83.6 Å². The summed E-state index contributed by atoms with van der Waals surface area (Å²) in [6.07, 6.45) is 11.3. The number of hydrogen-bond donors (Lipinski definition) is 0. The molecule has 0 N–H and O–H groups in total. The zero-order valence-corrected chi connectivity index (χ0v) is 8.44. The second-order valence-electron chi connectivity index (χ2n) is 3.80. The van der Waals surface area contributed by atoms with Crippen LogP contribution in [0, 0.1) is 5.41 Å². The minimum Gasteiger partial charge on any atom is -0.138 e. The molecule has 1 aromatic heterocycles. The lowest BCUT2D eigenvalue weighted by atomic mass is 9.87. The standard InChI is InChI=1S/C11H13N3/c1-3-11(2)6-4-9-8-12-14-13-10(9)5-7-11/h4-8H,3H2,1-2H3. The third kappa shape index (κ3) is 1.58. The smallest absolute Gasteiger partial charge is 0.0960 e. The molecule has 0 spiro atoms. The number of rotatable bonds is 1. The maximum atomic E-state index is 3.98. The summed E-state index contributed by atoms with van der Waals surface area (Å²) in [4.78, 5) is 0. The Hall–Kier alpha value is -1.51. The van der Waals surface area contributed by atoms with E-state index in [1.54, 1.807) is 6.20 Å². The average molecular weight is 187 g/mol. The zero-order valence-electron chi connectivity index (χ0n) is 8.44. The summed E-state index contributed by atoms with van der Waals surface area (Å²) >= 11 is 0. The molecular weight excluding hydrogens is 174 g/mol. The van der Waals surface area contributed by atoms with Gasteiger partial charge in [0.25, 0.3) is 0 Å². The lowest BCUT2D eigenvalue weighted by Gasteiger charge is -2.17. The van der Waals surface area contributed by atoms with Crippen molar-refractivity contribution in [1.29, 1.82) is 0 Å². The van der Waals surface area contributed by atoms with Gasteiger partial charge in [-0.25, -0.2) is 0 Å². The first-order valence-corrected chi connectivity index (χ1v) is 4.80. The van der Waals surface area contributed by atoms with Crippen molar-refractivity contribution in [3.05, 3.63) is 29.6 Å². The molecule has 1 unspecified atom stereocenters. The van der Waals surface area contributed by atoms with Gasteiger partial charge in [0.2, 0.25) is 0 Å². The van der Waals surface area contributed by atoms with E-state index in [1.165, 1.54) is 0 Å². The van der Waals surface area contributed by atoms with Gasteiger partial charge in [0.1, 0.15) is 0 Å². The molecule has 0 radical (unpaired) electrons. The van der Waals surface area contributed by atoms with Gasteiger partial charge in [0.15, 0.2) is 0 Å². The molecule has 1 aliphatic rings. The van der Waals surface area contributed by atoms with Gasteiger partial charge in [-0.05, 0) is 17.7 Å². The summed E-state index contributed by atoms with van der Waals surface area (Å²) in [5.74, 6) is 0. The monoisotopic (exact) mass is 187 g/mol. The highest BCUT2D eigenvalue weighted by Crippen LogP contribution is 2.29. The SMILES string of the molecule is CCC1(C)C=Cc2cnnnc2C=C1. The van der Waals surface area contributed by atoms with Crippen LogP contribution in [0.25, 0.3) is 12.2 Å². The third-order valence-electron chi connectivity index (χ3n) is 2.72. The summed E-state index contributed by atoms with van der Waals surface area (Å²) < 4.78 is 0. The number of aromatic nitrogens is 3. The lowest BCUT2D eigenvalue weighted by Crippen LogP contribution is -2.05. The van der Waals surface area contributed by atoms with Crippen LogP contribution in [0.5, 0.6) is 0 Å². The van der Waals surface area contributed by atoms with Crippen molar-refractivity contribution >= 4 is 12.2 Å². The normalized spacial score (nSPS) is 24.4. The first-order valence-electron chi connectivity index (χ1n) is 4.80. The Bertz CT molecular complexity index is 360. The predicted octanol–water partition coefficient (Wildman–Crippen LogP) is 2.33. The topological polar surface area (TPSA) is 38.7 Å². The molecule has 3 nitrogen and oxygen atoms in total. The van der Waals surface area contributed by atoms with Gasteiger partial charge in [-0.3, -0.25) is 0 Å². The highest BCUT2D eigenvalue weighted by molar-refractivity contribution is 5.64. The molecule has 0 aromatic carbocycles. The summed E-state index contributed by atoms with van der Waals surface area (Å²) in [6, 6.07) is 0. The highest BCUT2D eigenvalue weighted by Gasteiger charge is 2.16. The van der Waals surface area contributed by atoms with Crippen molar-refractivity contribution in [1.82, 2.24) is 15.4 Å². The van der Waals surface area contributed by atoms with Crippen molar-refractivity contribution < 1.29 is 0 Å². The van der Waals surface area contributed by atoms with E-state index in [9.17, 15) is 0 Å². The second kappa shape index (κ2) is 3.33. The Morgan fingerprint density at radius 3 is 2.86 bits per heavy atom. The van der Waals surface area contributed by atoms with Crippen LogP contribution >= 0.6 is 0 Å². The quantitative estimate of drug-likeness (QED) is 0.677. The van der Waals surface area contributed by atoms with Gasteiger partial charge < -0.3 is 0 Å². The Morgan fingerprint density at radius 1 is 1.29 bits per heavy atom. The van der Waals surface area contributed by atoms with Crippen molar-refractivity contribution in [3.8, 4) is 0 Å². The maximum Gasteiger partial charge on any atom is 0.0960 e. The number of fused-ring (bicyclic) bond motifs is 1. The second-order valence-corrected chi connectivity index (χ2v) is 3.80. The van der Waals surface area contributed by atoms with Crippen molar-refractivity contribution in [2.45, 2.75) is 20.3 Å². The molecule has 0 bridgehead atoms. The lowest BCUT2D eigenvalue weighted by molar-refractivity contribution is 0.536. The fraction of sp³-hybridized carbons (Fsp3) is 0.364. The molecule has 0 amide bonds. The van der Waals surface area contributed by atoms with Gasteiger partial charge in [-0.2, -0.15) is 0 Å². The molecule has 1 aliphatic carbocycles. The Kier molecular flexibility index (Phi) is 2.15. The van der Waals surface area contributed by atoms with Crippen LogP contribution in [0.3, 0.4) is 0 Å². The molecule has 0 saturated carbocycles. The van der Waals surface area contributed by atoms with Crippen molar-refractivity contribution in [2.75, 3.05) is 0 Å². The van der Waals surface area contributed by atoms with E-state index >= 15 is 0 Å².